The van der Waals surface area contributed by atoms with Gasteiger partial charge < -0.3 is 10.6 Å². The van der Waals surface area contributed by atoms with Crippen molar-refractivity contribution < 1.29 is 0 Å². The summed E-state index contributed by atoms with van der Waals surface area (Å²) in [5.74, 6) is 1.96. The number of aryl methyl sites for hydroxylation is 1. The number of guanidine groups is 1. The molecule has 2 heterocycles. The van der Waals surface area contributed by atoms with Crippen LogP contribution in [-0.4, -0.2) is 45.1 Å². The van der Waals surface area contributed by atoms with Gasteiger partial charge >= 0.3 is 0 Å². The number of thioether (sulfide) groups is 1. The van der Waals surface area contributed by atoms with Gasteiger partial charge in [0.2, 0.25) is 0 Å². The monoisotopic (exact) mass is 486 g/mol. The van der Waals surface area contributed by atoms with Gasteiger partial charge in [0.15, 0.2) is 5.96 Å². The highest BCUT2D eigenvalue weighted by atomic mass is 127. The molecule has 0 saturated heterocycles. The van der Waals surface area contributed by atoms with Gasteiger partial charge in [0, 0.05) is 29.2 Å². The number of hydrogen-bond acceptors (Lipinski definition) is 4. The number of nitrogens with one attached hydrogen (secondary N) is 2. The van der Waals surface area contributed by atoms with Crippen molar-refractivity contribution in [2.45, 2.75) is 49.4 Å². The summed E-state index contributed by atoms with van der Waals surface area (Å²) in [6, 6.07) is 10.8. The van der Waals surface area contributed by atoms with Crippen molar-refractivity contribution in [1.29, 1.82) is 0 Å². The van der Waals surface area contributed by atoms with Gasteiger partial charge in [-0.05, 0) is 25.5 Å². The van der Waals surface area contributed by atoms with E-state index >= 15 is 0 Å². The van der Waals surface area contributed by atoms with Gasteiger partial charge in [0.25, 0.3) is 0 Å². The number of aromatic nitrogens is 3. The molecule has 1 aliphatic rings. The molecule has 142 valence electrons. The normalized spacial score (nSPS) is 17.8. The first kappa shape index (κ1) is 21.0. The fourth-order valence-electron chi connectivity index (χ4n) is 2.86. The molecule has 8 heteroatoms. The molecule has 3 rings (SSSR count). The average molecular weight is 486 g/mol. The molecule has 1 aromatic carbocycles. The van der Waals surface area contributed by atoms with E-state index in [2.05, 4.69) is 58.8 Å². The summed E-state index contributed by atoms with van der Waals surface area (Å²) >= 11 is 1.86. The van der Waals surface area contributed by atoms with Crippen molar-refractivity contribution in [3.8, 4) is 0 Å². The number of halogens is 1. The zero-order valence-corrected chi connectivity index (χ0v) is 18.4. The molecular weight excluding hydrogens is 459 g/mol. The highest BCUT2D eigenvalue weighted by Crippen LogP contribution is 2.22. The van der Waals surface area contributed by atoms with Crippen LogP contribution in [0.2, 0.25) is 0 Å². The Morgan fingerprint density at radius 2 is 2.19 bits per heavy atom. The Labute approximate surface area is 176 Å². The maximum atomic E-state index is 4.78. The Morgan fingerprint density at radius 1 is 1.38 bits per heavy atom. The molecule has 2 unspecified atom stereocenters. The van der Waals surface area contributed by atoms with E-state index in [1.54, 1.807) is 6.33 Å². The van der Waals surface area contributed by atoms with Crippen LogP contribution in [0.1, 0.15) is 26.1 Å². The third kappa shape index (κ3) is 6.15. The lowest BCUT2D eigenvalue weighted by Gasteiger charge is -2.25. The van der Waals surface area contributed by atoms with Crippen LogP contribution >= 0.6 is 35.7 Å². The van der Waals surface area contributed by atoms with Gasteiger partial charge in [0.05, 0.1) is 13.1 Å². The summed E-state index contributed by atoms with van der Waals surface area (Å²) < 4.78 is 1.98. The lowest BCUT2D eigenvalue weighted by molar-refractivity contribution is 0.393. The number of hydrogen-bond donors (Lipinski definition) is 2. The summed E-state index contributed by atoms with van der Waals surface area (Å²) in [6.45, 7) is 6.78. The fourth-order valence-corrected chi connectivity index (χ4v) is 3.79. The lowest BCUT2D eigenvalue weighted by atomic mass is 10.1. The molecule has 2 N–H and O–H groups in total. The van der Waals surface area contributed by atoms with Gasteiger partial charge in [0.1, 0.15) is 12.2 Å². The molecule has 6 nitrogen and oxygen atoms in total. The molecule has 2 aromatic rings. The maximum absolute atomic E-state index is 4.78. The van der Waals surface area contributed by atoms with E-state index in [4.69, 9.17) is 4.99 Å². The first-order valence-corrected chi connectivity index (χ1v) is 9.75. The van der Waals surface area contributed by atoms with E-state index in [1.807, 2.05) is 22.5 Å². The Balaban J connectivity index is 0.00000243. The Bertz CT molecular complexity index is 690. The standard InChI is InChI=1S/C18H26N6S.HI/c1-3-19-18(20-11-14(2)25-16-7-5-4-6-8-16)23-15-9-10-17-21-13-22-24(17)12-15;/h4-8,13-15H,3,9-12H2,1-2H3,(H2,19,20,23);1H. The van der Waals surface area contributed by atoms with Crippen LogP contribution < -0.4 is 10.6 Å². The molecular formula is C18H27IN6S. The fraction of sp³-hybridized carbons (Fsp3) is 0.500. The van der Waals surface area contributed by atoms with Crippen LogP contribution in [0.25, 0.3) is 0 Å². The molecule has 0 fully saturated rings. The second-order valence-electron chi connectivity index (χ2n) is 6.20. The SMILES string of the molecule is CCNC(=NCC(C)Sc1ccccc1)NC1CCc2ncnn2C1.I. The minimum Gasteiger partial charge on any atom is -0.357 e. The molecule has 0 bridgehead atoms. The Kier molecular flexibility index (Phi) is 8.70. The quantitative estimate of drug-likeness (QED) is 0.285. The highest BCUT2D eigenvalue weighted by molar-refractivity contribution is 14.0. The van der Waals surface area contributed by atoms with Crippen LogP contribution in [0.15, 0.2) is 46.5 Å². The smallest absolute Gasteiger partial charge is 0.191 e. The first-order valence-electron chi connectivity index (χ1n) is 8.88. The van der Waals surface area contributed by atoms with Crippen LogP contribution in [0.5, 0.6) is 0 Å². The van der Waals surface area contributed by atoms with Crippen molar-refractivity contribution >= 4 is 41.7 Å². The van der Waals surface area contributed by atoms with E-state index in [0.29, 0.717) is 11.3 Å². The van der Waals surface area contributed by atoms with E-state index < -0.39 is 0 Å². The summed E-state index contributed by atoms with van der Waals surface area (Å²) in [7, 11) is 0. The molecule has 2 atom stereocenters. The first-order chi connectivity index (χ1) is 12.2. The van der Waals surface area contributed by atoms with Crippen molar-refractivity contribution in [2.75, 3.05) is 13.1 Å². The molecule has 0 radical (unpaired) electrons. The van der Waals surface area contributed by atoms with Crippen LogP contribution in [-0.2, 0) is 13.0 Å². The van der Waals surface area contributed by atoms with Crippen LogP contribution in [0.4, 0.5) is 0 Å². The minimum atomic E-state index is 0. The molecule has 1 aliphatic heterocycles. The number of fused-ring (bicyclic) bond motifs is 1. The second kappa shape index (κ2) is 10.8. The predicted octanol–water partition coefficient (Wildman–Crippen LogP) is 2.95. The molecule has 0 aliphatic carbocycles. The van der Waals surface area contributed by atoms with Crippen LogP contribution in [0.3, 0.4) is 0 Å². The molecule has 0 amide bonds. The van der Waals surface area contributed by atoms with Gasteiger partial charge in [-0.15, -0.1) is 35.7 Å². The van der Waals surface area contributed by atoms with E-state index in [9.17, 15) is 0 Å². The number of nitrogens with zero attached hydrogens (tertiary/aromatic N) is 4. The Hall–Kier alpha value is -1.29. The van der Waals surface area contributed by atoms with Gasteiger partial charge in [-0.25, -0.2) is 9.67 Å². The Morgan fingerprint density at radius 3 is 2.96 bits per heavy atom. The third-order valence-corrected chi connectivity index (χ3v) is 5.17. The zero-order chi connectivity index (χ0) is 17.5. The highest BCUT2D eigenvalue weighted by Gasteiger charge is 2.20. The number of benzene rings is 1. The molecule has 0 spiro atoms. The van der Waals surface area contributed by atoms with Crippen LogP contribution in [0, 0.1) is 0 Å². The largest absolute Gasteiger partial charge is 0.357 e. The van der Waals surface area contributed by atoms with Crippen molar-refractivity contribution in [2.24, 2.45) is 4.99 Å². The summed E-state index contributed by atoms with van der Waals surface area (Å²) in [5.41, 5.74) is 0. The lowest BCUT2D eigenvalue weighted by Crippen LogP contribution is -2.47. The maximum Gasteiger partial charge on any atom is 0.191 e. The van der Waals surface area contributed by atoms with Crippen molar-refractivity contribution in [3.05, 3.63) is 42.5 Å². The van der Waals surface area contributed by atoms with Crippen molar-refractivity contribution in [3.63, 3.8) is 0 Å². The van der Waals surface area contributed by atoms with Gasteiger partial charge in [-0.2, -0.15) is 5.10 Å². The molecule has 1 aromatic heterocycles. The predicted molar refractivity (Wildman–Crippen MR) is 118 cm³/mol. The number of rotatable bonds is 6. The third-order valence-electron chi connectivity index (χ3n) is 4.08. The van der Waals surface area contributed by atoms with Gasteiger partial charge in [-0.1, -0.05) is 25.1 Å². The molecule has 0 saturated carbocycles. The van der Waals surface area contributed by atoms with E-state index in [-0.39, 0.29) is 24.0 Å². The minimum absolute atomic E-state index is 0. The summed E-state index contributed by atoms with van der Waals surface area (Å²) in [6.07, 6.45) is 3.65. The molecule has 26 heavy (non-hydrogen) atoms. The van der Waals surface area contributed by atoms with E-state index in [1.165, 1.54) is 4.90 Å². The number of aliphatic imine (C=N–C) groups is 1. The van der Waals surface area contributed by atoms with Gasteiger partial charge in [-0.3, -0.25) is 4.99 Å². The topological polar surface area (TPSA) is 67.1 Å². The summed E-state index contributed by atoms with van der Waals surface area (Å²) in [4.78, 5) is 10.3. The zero-order valence-electron chi connectivity index (χ0n) is 15.3. The van der Waals surface area contributed by atoms with Crippen molar-refractivity contribution in [1.82, 2.24) is 25.4 Å². The second-order valence-corrected chi connectivity index (χ2v) is 7.71. The van der Waals surface area contributed by atoms with E-state index in [0.717, 1.165) is 44.3 Å². The average Bonchev–Trinajstić information content (AvgIpc) is 3.08. The summed E-state index contributed by atoms with van der Waals surface area (Å²) in [5, 5.41) is 11.6.